The van der Waals surface area contributed by atoms with Crippen LogP contribution in [0.15, 0.2) is 28.9 Å². The highest BCUT2D eigenvalue weighted by atomic mass is 79.9. The lowest BCUT2D eigenvalue weighted by Gasteiger charge is -2.05. The number of nitro groups is 1. The van der Waals surface area contributed by atoms with Gasteiger partial charge >= 0.3 is 11.7 Å². The lowest BCUT2D eigenvalue weighted by Crippen LogP contribution is -2.11. The van der Waals surface area contributed by atoms with Crippen LogP contribution in [-0.2, 0) is 7.05 Å². The van der Waals surface area contributed by atoms with E-state index < -0.39 is 10.9 Å². The summed E-state index contributed by atoms with van der Waals surface area (Å²) in [6.07, 6.45) is 1.36. The van der Waals surface area contributed by atoms with Crippen LogP contribution in [0.2, 0.25) is 0 Å². The first kappa shape index (κ1) is 14.2. The predicted molar refractivity (Wildman–Crippen MR) is 73.7 cm³/mol. The molecule has 8 heteroatoms. The van der Waals surface area contributed by atoms with Gasteiger partial charge in [-0.3, -0.25) is 14.8 Å². The van der Waals surface area contributed by atoms with Gasteiger partial charge in [0.05, 0.1) is 11.1 Å². The smallest absolute Gasteiger partial charge is 0.347 e. The van der Waals surface area contributed by atoms with Crippen LogP contribution in [0.1, 0.15) is 16.1 Å². The molecule has 1 heterocycles. The van der Waals surface area contributed by atoms with Crippen molar-refractivity contribution >= 4 is 27.6 Å². The molecule has 0 saturated carbocycles. The lowest BCUT2D eigenvalue weighted by atomic mass is 10.2. The summed E-state index contributed by atoms with van der Waals surface area (Å²) in [5.41, 5.74) is 0.605. The Hall–Kier alpha value is -2.22. The van der Waals surface area contributed by atoms with Crippen LogP contribution in [0.25, 0.3) is 0 Å². The molecular formula is C12H10BrN3O4. The highest BCUT2D eigenvalue weighted by Gasteiger charge is 2.21. The highest BCUT2D eigenvalue weighted by molar-refractivity contribution is 9.10. The van der Waals surface area contributed by atoms with Crippen molar-refractivity contribution < 1.29 is 14.5 Å². The number of carbonyl (C=O) groups excluding carboxylic acids is 1. The minimum absolute atomic E-state index is 0.105. The van der Waals surface area contributed by atoms with Gasteiger partial charge in [0.15, 0.2) is 0 Å². The van der Waals surface area contributed by atoms with Gasteiger partial charge in [-0.1, -0.05) is 15.9 Å². The fourth-order valence-electron chi connectivity index (χ4n) is 1.57. The van der Waals surface area contributed by atoms with Gasteiger partial charge in [-0.2, -0.15) is 5.10 Å². The molecule has 2 rings (SSSR count). The Kier molecular flexibility index (Phi) is 3.84. The maximum absolute atomic E-state index is 12.0. The molecule has 0 bridgehead atoms. The van der Waals surface area contributed by atoms with Gasteiger partial charge in [0, 0.05) is 23.3 Å². The monoisotopic (exact) mass is 339 g/mol. The number of hydrogen-bond acceptors (Lipinski definition) is 5. The summed E-state index contributed by atoms with van der Waals surface area (Å²) in [6.45, 7) is 1.71. The topological polar surface area (TPSA) is 87.3 Å². The quantitative estimate of drug-likeness (QED) is 0.371. The van der Waals surface area contributed by atoms with Gasteiger partial charge in [-0.05, 0) is 19.1 Å². The molecular weight excluding hydrogens is 330 g/mol. The third-order valence-corrected chi connectivity index (χ3v) is 3.27. The third-order valence-electron chi connectivity index (χ3n) is 2.78. The van der Waals surface area contributed by atoms with Gasteiger partial charge in [-0.25, -0.2) is 4.79 Å². The number of nitrogens with zero attached hydrogens (tertiary/aromatic N) is 3. The number of aromatic nitrogens is 2. The molecule has 0 N–H and O–H groups in total. The summed E-state index contributed by atoms with van der Waals surface area (Å²) in [7, 11) is 1.69. The molecule has 0 saturated heterocycles. The molecule has 2 aromatic rings. The second-order valence-corrected chi connectivity index (χ2v) is 4.94. The van der Waals surface area contributed by atoms with Crippen molar-refractivity contribution in [2.45, 2.75) is 6.92 Å². The fraction of sp³-hybridized carbons (Fsp3) is 0.167. The summed E-state index contributed by atoms with van der Waals surface area (Å²) >= 11 is 3.13. The molecule has 0 amide bonds. The van der Waals surface area contributed by atoms with Crippen molar-refractivity contribution in [3.63, 3.8) is 0 Å². The third kappa shape index (κ3) is 2.69. The summed E-state index contributed by atoms with van der Waals surface area (Å²) < 4.78 is 7.14. The molecule has 0 atom stereocenters. The van der Waals surface area contributed by atoms with E-state index >= 15 is 0 Å². The Morgan fingerprint density at radius 2 is 2.20 bits per heavy atom. The molecule has 1 aromatic carbocycles. The molecule has 7 nitrogen and oxygen atoms in total. The minimum Gasteiger partial charge on any atom is -0.415 e. The molecule has 0 radical (unpaired) electrons. The maximum atomic E-state index is 12.0. The van der Waals surface area contributed by atoms with Gasteiger partial charge < -0.3 is 4.74 Å². The number of hydrogen-bond donors (Lipinski definition) is 0. The van der Waals surface area contributed by atoms with E-state index in [1.54, 1.807) is 20.0 Å². The van der Waals surface area contributed by atoms with Gasteiger partial charge in [0.2, 0.25) is 5.75 Å². The van der Waals surface area contributed by atoms with E-state index in [0.717, 1.165) is 0 Å². The van der Waals surface area contributed by atoms with Gasteiger partial charge in [0.1, 0.15) is 5.56 Å². The summed E-state index contributed by atoms with van der Waals surface area (Å²) in [6, 6.07) is 4.20. The van der Waals surface area contributed by atoms with E-state index in [0.29, 0.717) is 10.2 Å². The van der Waals surface area contributed by atoms with Crippen LogP contribution in [0.3, 0.4) is 0 Å². The van der Waals surface area contributed by atoms with Crippen LogP contribution < -0.4 is 4.74 Å². The minimum atomic E-state index is -0.680. The SMILES string of the molecule is Cc1c(C(=O)Oc2ccc(Br)cc2[N+](=O)[O-])cnn1C. The summed E-state index contributed by atoms with van der Waals surface area (Å²) in [4.78, 5) is 22.3. The Labute approximate surface area is 122 Å². The van der Waals surface area contributed by atoms with E-state index in [1.165, 1.54) is 23.0 Å². The Morgan fingerprint density at radius 3 is 2.75 bits per heavy atom. The van der Waals surface area contributed by atoms with Gasteiger partial charge in [-0.15, -0.1) is 0 Å². The number of benzene rings is 1. The average Bonchev–Trinajstić information content (AvgIpc) is 2.72. The molecule has 0 unspecified atom stereocenters. The van der Waals surface area contributed by atoms with Crippen LogP contribution in [0, 0.1) is 17.0 Å². The zero-order chi connectivity index (χ0) is 14.9. The second kappa shape index (κ2) is 5.41. The number of esters is 1. The van der Waals surface area contributed by atoms with Gasteiger partial charge in [0.25, 0.3) is 0 Å². The molecule has 20 heavy (non-hydrogen) atoms. The Balaban J connectivity index is 2.33. The number of carbonyl (C=O) groups is 1. The average molecular weight is 340 g/mol. The van der Waals surface area contributed by atoms with Crippen molar-refractivity contribution in [1.82, 2.24) is 9.78 Å². The molecule has 0 aliphatic carbocycles. The van der Waals surface area contributed by atoms with Crippen molar-refractivity contribution in [3.05, 3.63) is 50.2 Å². The Morgan fingerprint density at radius 1 is 1.50 bits per heavy atom. The van der Waals surface area contributed by atoms with E-state index in [-0.39, 0.29) is 17.0 Å². The zero-order valence-electron chi connectivity index (χ0n) is 10.7. The molecule has 0 spiro atoms. The van der Waals surface area contributed by atoms with Crippen LogP contribution in [-0.4, -0.2) is 20.7 Å². The molecule has 1 aromatic heterocycles. The largest absolute Gasteiger partial charge is 0.415 e. The van der Waals surface area contributed by atoms with Crippen LogP contribution in [0.5, 0.6) is 5.75 Å². The number of halogens is 1. The number of aryl methyl sites for hydroxylation is 1. The fourth-order valence-corrected chi connectivity index (χ4v) is 1.92. The van der Waals surface area contributed by atoms with Crippen molar-refractivity contribution in [1.29, 1.82) is 0 Å². The van der Waals surface area contributed by atoms with E-state index in [9.17, 15) is 14.9 Å². The summed E-state index contributed by atoms with van der Waals surface area (Å²) in [5, 5.41) is 14.9. The van der Waals surface area contributed by atoms with Crippen molar-refractivity contribution in [3.8, 4) is 5.75 Å². The first-order valence-electron chi connectivity index (χ1n) is 5.55. The molecule has 0 fully saturated rings. The summed E-state index contributed by atoms with van der Waals surface area (Å²) in [5.74, 6) is -0.785. The Bertz CT molecular complexity index is 696. The van der Waals surface area contributed by atoms with Crippen LogP contribution in [0.4, 0.5) is 5.69 Å². The maximum Gasteiger partial charge on any atom is 0.347 e. The number of rotatable bonds is 3. The standard InChI is InChI=1S/C12H10BrN3O4/c1-7-9(6-14-15(7)2)12(17)20-11-4-3-8(13)5-10(11)16(18)19/h3-6H,1-2H3. The molecule has 104 valence electrons. The molecule has 0 aliphatic heterocycles. The lowest BCUT2D eigenvalue weighted by molar-refractivity contribution is -0.385. The number of ether oxygens (including phenoxy) is 1. The van der Waals surface area contributed by atoms with E-state index in [2.05, 4.69) is 21.0 Å². The second-order valence-electron chi connectivity index (χ2n) is 4.03. The van der Waals surface area contributed by atoms with E-state index in [1.807, 2.05) is 0 Å². The normalized spacial score (nSPS) is 10.3. The number of nitro benzene ring substituents is 1. The zero-order valence-corrected chi connectivity index (χ0v) is 12.2. The van der Waals surface area contributed by atoms with Crippen LogP contribution >= 0.6 is 15.9 Å². The predicted octanol–water partition coefficient (Wildman–Crippen LogP) is 2.62. The van der Waals surface area contributed by atoms with Crippen molar-refractivity contribution in [2.24, 2.45) is 7.05 Å². The first-order valence-corrected chi connectivity index (χ1v) is 6.34. The molecule has 0 aliphatic rings. The highest BCUT2D eigenvalue weighted by Crippen LogP contribution is 2.30. The van der Waals surface area contributed by atoms with E-state index in [4.69, 9.17) is 4.74 Å². The van der Waals surface area contributed by atoms with Crippen molar-refractivity contribution in [2.75, 3.05) is 0 Å². The first-order chi connectivity index (χ1) is 9.40.